The van der Waals surface area contributed by atoms with E-state index in [1.54, 1.807) is 13.0 Å². The van der Waals surface area contributed by atoms with Crippen LogP contribution in [0.1, 0.15) is 57.8 Å². The summed E-state index contributed by atoms with van der Waals surface area (Å²) >= 11 is 0. The zero-order valence-corrected chi connectivity index (χ0v) is 21.2. The number of rotatable bonds is 12. The van der Waals surface area contributed by atoms with Gasteiger partial charge in [-0.3, -0.25) is 10.1 Å². The summed E-state index contributed by atoms with van der Waals surface area (Å²) in [6.07, 6.45) is 6.60. The van der Waals surface area contributed by atoms with Gasteiger partial charge in [0.05, 0.1) is 17.8 Å². The van der Waals surface area contributed by atoms with Crippen LogP contribution in [0, 0.1) is 18.8 Å². The number of allylic oxidation sites excluding steroid dienone is 4. The van der Waals surface area contributed by atoms with Crippen molar-refractivity contribution in [2.24, 2.45) is 11.8 Å². The molecular formula is C27H36N4O4. The van der Waals surface area contributed by atoms with Gasteiger partial charge >= 0.3 is 12.0 Å². The molecule has 0 fully saturated rings. The predicted molar refractivity (Wildman–Crippen MR) is 139 cm³/mol. The van der Waals surface area contributed by atoms with Crippen LogP contribution < -0.4 is 15.5 Å². The largest absolute Gasteiger partial charge is 0.481 e. The van der Waals surface area contributed by atoms with E-state index in [0.717, 1.165) is 29.9 Å². The van der Waals surface area contributed by atoms with E-state index in [1.807, 2.05) is 36.4 Å². The lowest BCUT2D eigenvalue weighted by Crippen LogP contribution is -2.32. The average Bonchev–Trinajstić information content (AvgIpc) is 3.12. The standard InChI is InChI=1S/C27H36N4O4/c1-17(2)15-31(16-18(3)4)24-10-9-21(22(14-26(32)33)12-20-7-6-8-20)13-23(24)28-27(34)29-25-11-19(5)35-30-25/h6-11,13,17-18,22H,12,14-16H2,1-5H3,(H,32,33)(H2,28,29,30,34). The van der Waals surface area contributed by atoms with Gasteiger partial charge in [0.15, 0.2) is 5.82 Å². The average molecular weight is 481 g/mol. The van der Waals surface area contributed by atoms with Crippen molar-refractivity contribution in [2.45, 2.75) is 53.4 Å². The Morgan fingerprint density at radius 2 is 1.77 bits per heavy atom. The maximum absolute atomic E-state index is 12.9. The van der Waals surface area contributed by atoms with Crippen LogP contribution >= 0.6 is 0 Å². The number of carboxylic acid groups (broad SMARTS) is 1. The minimum Gasteiger partial charge on any atom is -0.481 e. The molecule has 8 nitrogen and oxygen atoms in total. The second-order valence-corrected chi connectivity index (χ2v) is 9.97. The molecule has 0 aliphatic heterocycles. The van der Waals surface area contributed by atoms with Crippen LogP contribution in [0.3, 0.4) is 0 Å². The van der Waals surface area contributed by atoms with Crippen LogP contribution in [0.2, 0.25) is 0 Å². The lowest BCUT2D eigenvalue weighted by atomic mass is 9.86. The molecule has 0 saturated carbocycles. The molecule has 0 bridgehead atoms. The first-order chi connectivity index (χ1) is 16.6. The van der Waals surface area contributed by atoms with Gasteiger partial charge in [-0.25, -0.2) is 4.79 Å². The molecule has 0 radical (unpaired) electrons. The first kappa shape index (κ1) is 26.1. The summed E-state index contributed by atoms with van der Waals surface area (Å²) in [5, 5.41) is 19.0. The third kappa shape index (κ3) is 7.73. The Labute approximate surface area is 207 Å². The number of aromatic nitrogens is 1. The zero-order chi connectivity index (χ0) is 25.5. The molecule has 2 aromatic rings. The lowest BCUT2D eigenvalue weighted by Gasteiger charge is -2.31. The van der Waals surface area contributed by atoms with Crippen molar-refractivity contribution < 1.29 is 19.2 Å². The number of urea groups is 1. The summed E-state index contributed by atoms with van der Waals surface area (Å²) in [6.45, 7) is 12.1. The van der Waals surface area contributed by atoms with E-state index in [-0.39, 0.29) is 12.3 Å². The fourth-order valence-electron chi connectivity index (χ4n) is 4.20. The molecule has 2 amide bonds. The molecule has 1 heterocycles. The lowest BCUT2D eigenvalue weighted by molar-refractivity contribution is -0.137. The molecule has 1 aliphatic rings. The van der Waals surface area contributed by atoms with Gasteiger partial charge in [-0.05, 0) is 54.4 Å². The number of hydrogen-bond acceptors (Lipinski definition) is 5. The summed E-state index contributed by atoms with van der Waals surface area (Å²) < 4.78 is 5.04. The molecule has 3 rings (SSSR count). The van der Waals surface area contributed by atoms with E-state index in [0.29, 0.717) is 35.5 Å². The minimum absolute atomic E-state index is 0.0100. The summed E-state index contributed by atoms with van der Waals surface area (Å²) in [5.41, 5.74) is 3.53. The number of aryl methyl sites for hydroxylation is 1. The Kier molecular flexibility index (Phi) is 8.73. The number of amides is 2. The van der Waals surface area contributed by atoms with Crippen LogP contribution in [0.25, 0.3) is 0 Å². The molecule has 188 valence electrons. The Morgan fingerprint density at radius 1 is 1.09 bits per heavy atom. The smallest absolute Gasteiger partial charge is 0.325 e. The molecule has 1 unspecified atom stereocenters. The van der Waals surface area contributed by atoms with Gasteiger partial charge in [0, 0.05) is 19.2 Å². The van der Waals surface area contributed by atoms with Crippen molar-refractivity contribution in [1.82, 2.24) is 5.16 Å². The number of benzene rings is 1. The zero-order valence-electron chi connectivity index (χ0n) is 21.2. The van der Waals surface area contributed by atoms with Crippen molar-refractivity contribution in [1.29, 1.82) is 0 Å². The molecule has 1 aliphatic carbocycles. The van der Waals surface area contributed by atoms with Gasteiger partial charge in [0.25, 0.3) is 0 Å². The highest BCUT2D eigenvalue weighted by Gasteiger charge is 2.22. The monoisotopic (exact) mass is 480 g/mol. The summed E-state index contributed by atoms with van der Waals surface area (Å²) in [6, 6.07) is 7.10. The SMILES string of the molecule is Cc1cc(NC(=O)Nc2cc(C(CC(=O)O)CC3=CC=C3)ccc2N(CC(C)C)CC(C)C)no1. The van der Waals surface area contributed by atoms with Crippen LogP contribution in [0.15, 0.2) is 52.6 Å². The van der Waals surface area contributed by atoms with Crippen molar-refractivity contribution >= 4 is 29.2 Å². The Hall–Kier alpha value is -3.55. The van der Waals surface area contributed by atoms with Crippen molar-refractivity contribution in [3.05, 3.63) is 59.4 Å². The van der Waals surface area contributed by atoms with Gasteiger partial charge < -0.3 is 19.8 Å². The topological polar surface area (TPSA) is 108 Å². The second-order valence-electron chi connectivity index (χ2n) is 9.97. The normalized spacial score (nSPS) is 13.4. The summed E-state index contributed by atoms with van der Waals surface area (Å²) in [5.74, 6) is 0.710. The fourth-order valence-corrected chi connectivity index (χ4v) is 4.20. The maximum Gasteiger partial charge on any atom is 0.325 e. The minimum atomic E-state index is -0.849. The third-order valence-corrected chi connectivity index (χ3v) is 5.65. The molecule has 1 atom stereocenters. The number of nitrogens with zero attached hydrogens (tertiary/aromatic N) is 2. The third-order valence-electron chi connectivity index (χ3n) is 5.65. The van der Waals surface area contributed by atoms with E-state index >= 15 is 0 Å². The van der Waals surface area contributed by atoms with Crippen LogP contribution in [0.5, 0.6) is 0 Å². The number of nitrogens with one attached hydrogen (secondary N) is 2. The van der Waals surface area contributed by atoms with Gasteiger partial charge in [0.1, 0.15) is 5.76 Å². The van der Waals surface area contributed by atoms with Gasteiger partial charge in [0.2, 0.25) is 0 Å². The number of anilines is 3. The summed E-state index contributed by atoms with van der Waals surface area (Å²) in [7, 11) is 0. The Balaban J connectivity index is 1.95. The van der Waals surface area contributed by atoms with Crippen LogP contribution in [-0.4, -0.2) is 35.4 Å². The van der Waals surface area contributed by atoms with E-state index < -0.39 is 12.0 Å². The van der Waals surface area contributed by atoms with Crippen LogP contribution in [-0.2, 0) is 4.79 Å². The molecule has 0 spiro atoms. The number of hydrogen-bond donors (Lipinski definition) is 3. The highest BCUT2D eigenvalue weighted by Crippen LogP contribution is 2.36. The molecular weight excluding hydrogens is 444 g/mol. The second kappa shape index (κ2) is 11.7. The maximum atomic E-state index is 12.9. The van der Waals surface area contributed by atoms with Crippen molar-refractivity contribution in [3.63, 3.8) is 0 Å². The molecule has 1 aromatic carbocycles. The highest BCUT2D eigenvalue weighted by molar-refractivity contribution is 6.01. The molecule has 0 saturated heterocycles. The van der Waals surface area contributed by atoms with Gasteiger partial charge in [-0.2, -0.15) is 0 Å². The highest BCUT2D eigenvalue weighted by atomic mass is 16.5. The van der Waals surface area contributed by atoms with E-state index in [9.17, 15) is 14.7 Å². The Morgan fingerprint density at radius 3 is 2.29 bits per heavy atom. The van der Waals surface area contributed by atoms with E-state index in [2.05, 4.69) is 48.4 Å². The van der Waals surface area contributed by atoms with Crippen molar-refractivity contribution in [2.75, 3.05) is 28.6 Å². The molecule has 8 heteroatoms. The molecule has 3 N–H and O–H groups in total. The van der Waals surface area contributed by atoms with Crippen molar-refractivity contribution in [3.8, 4) is 0 Å². The fraction of sp³-hybridized carbons (Fsp3) is 0.444. The number of carbonyl (C=O) groups excluding carboxylic acids is 1. The quantitative estimate of drug-likeness (QED) is 0.334. The first-order valence-electron chi connectivity index (χ1n) is 12.1. The number of carboxylic acids is 1. The Bertz CT molecular complexity index is 1090. The van der Waals surface area contributed by atoms with Gasteiger partial charge in [-0.1, -0.05) is 57.1 Å². The number of carbonyl (C=O) groups is 2. The molecule has 1 aromatic heterocycles. The van der Waals surface area contributed by atoms with Gasteiger partial charge in [-0.15, -0.1) is 0 Å². The first-order valence-corrected chi connectivity index (χ1v) is 12.1. The predicted octanol–water partition coefficient (Wildman–Crippen LogP) is 6.19. The van der Waals surface area contributed by atoms with E-state index in [4.69, 9.17) is 4.52 Å². The summed E-state index contributed by atoms with van der Waals surface area (Å²) in [4.78, 5) is 26.8. The number of aliphatic carboxylic acids is 1. The van der Waals surface area contributed by atoms with Crippen LogP contribution in [0.4, 0.5) is 22.0 Å². The molecule has 35 heavy (non-hydrogen) atoms. The van der Waals surface area contributed by atoms with E-state index in [1.165, 1.54) is 0 Å².